The van der Waals surface area contributed by atoms with E-state index in [2.05, 4.69) is 0 Å². The molecule has 6 heteroatoms. The van der Waals surface area contributed by atoms with Gasteiger partial charge in [0.2, 0.25) is 10.0 Å². The van der Waals surface area contributed by atoms with Crippen LogP contribution in [0.2, 0.25) is 0 Å². The molecular formula is C21H22FN2O2S+. The third-order valence-corrected chi connectivity index (χ3v) is 7.08. The van der Waals surface area contributed by atoms with Gasteiger partial charge in [0, 0.05) is 5.56 Å². The third-order valence-electron chi connectivity index (χ3n) is 5.19. The average molecular weight is 385 g/mol. The first-order valence-electron chi connectivity index (χ1n) is 9.10. The molecule has 0 radical (unpaired) electrons. The van der Waals surface area contributed by atoms with E-state index in [1.165, 1.54) is 11.0 Å². The zero-order valence-electron chi connectivity index (χ0n) is 14.9. The van der Waals surface area contributed by atoms with Crippen LogP contribution < -0.4 is 4.90 Å². The summed E-state index contributed by atoms with van der Waals surface area (Å²) in [5, 5.41) is 1.94. The van der Waals surface area contributed by atoms with Crippen molar-refractivity contribution in [1.82, 2.24) is 4.31 Å². The van der Waals surface area contributed by atoms with Gasteiger partial charge in [0.05, 0.1) is 31.1 Å². The lowest BCUT2D eigenvalue weighted by Crippen LogP contribution is -3.13. The van der Waals surface area contributed by atoms with Crippen molar-refractivity contribution in [3.8, 4) is 0 Å². The molecule has 0 atom stereocenters. The summed E-state index contributed by atoms with van der Waals surface area (Å²) in [7, 11) is -3.51. The number of benzene rings is 3. The van der Waals surface area contributed by atoms with E-state index in [-0.39, 0.29) is 5.82 Å². The lowest BCUT2D eigenvalue weighted by molar-refractivity contribution is -0.917. The van der Waals surface area contributed by atoms with Crippen LogP contribution >= 0.6 is 0 Å². The van der Waals surface area contributed by atoms with Crippen molar-refractivity contribution in [1.29, 1.82) is 0 Å². The van der Waals surface area contributed by atoms with Crippen LogP contribution in [0.25, 0.3) is 10.8 Å². The number of nitrogens with zero attached hydrogens (tertiary/aromatic N) is 1. The van der Waals surface area contributed by atoms with Crippen LogP contribution in [0.5, 0.6) is 0 Å². The highest BCUT2D eigenvalue weighted by Crippen LogP contribution is 2.22. The Bertz CT molecular complexity index is 1060. The van der Waals surface area contributed by atoms with E-state index in [9.17, 15) is 12.8 Å². The Hall–Kier alpha value is -2.28. The van der Waals surface area contributed by atoms with E-state index >= 15 is 0 Å². The van der Waals surface area contributed by atoms with Crippen LogP contribution in [0, 0.1) is 5.82 Å². The third kappa shape index (κ3) is 3.74. The van der Waals surface area contributed by atoms with Crippen LogP contribution in [0.4, 0.5) is 4.39 Å². The van der Waals surface area contributed by atoms with Gasteiger partial charge in [-0.05, 0) is 29.0 Å². The number of nitrogens with one attached hydrogen (secondary N) is 1. The standard InChI is InChI=1S/C21H21FN2O2S/c22-21-8-4-3-7-19(21)16-23-11-13-24(14-12-23)27(25,26)20-10-9-17-5-1-2-6-18(17)15-20/h1-10,15H,11-14,16H2/p+1. The second-order valence-electron chi connectivity index (χ2n) is 6.93. The van der Waals surface area contributed by atoms with Gasteiger partial charge in [0.15, 0.2) is 0 Å². The van der Waals surface area contributed by atoms with Crippen molar-refractivity contribution >= 4 is 20.8 Å². The van der Waals surface area contributed by atoms with Crippen LogP contribution in [-0.2, 0) is 16.6 Å². The summed E-state index contributed by atoms with van der Waals surface area (Å²) >= 11 is 0. The Morgan fingerprint density at radius 3 is 2.30 bits per heavy atom. The number of hydrogen-bond donors (Lipinski definition) is 1. The fourth-order valence-corrected chi connectivity index (χ4v) is 5.08. The number of piperazine rings is 1. The topological polar surface area (TPSA) is 41.8 Å². The Kier molecular flexibility index (Phi) is 4.95. The summed E-state index contributed by atoms with van der Waals surface area (Å²) in [6.07, 6.45) is 0. The molecule has 0 saturated carbocycles. The number of hydrogen-bond acceptors (Lipinski definition) is 2. The van der Waals surface area contributed by atoms with E-state index in [0.29, 0.717) is 43.2 Å². The smallest absolute Gasteiger partial charge is 0.243 e. The second kappa shape index (κ2) is 7.38. The summed E-state index contributed by atoms with van der Waals surface area (Å²) in [5.41, 5.74) is 0.679. The molecule has 3 aromatic carbocycles. The minimum atomic E-state index is -3.51. The monoisotopic (exact) mass is 385 g/mol. The predicted octanol–water partition coefficient (Wildman–Crippen LogP) is 2.07. The fraction of sp³-hybridized carbons (Fsp3) is 0.238. The fourth-order valence-electron chi connectivity index (χ4n) is 3.61. The van der Waals surface area contributed by atoms with Gasteiger partial charge in [-0.15, -0.1) is 0 Å². The van der Waals surface area contributed by atoms with Crippen molar-refractivity contribution in [3.05, 3.63) is 78.1 Å². The van der Waals surface area contributed by atoms with Crippen LogP contribution in [-0.4, -0.2) is 38.9 Å². The van der Waals surface area contributed by atoms with Crippen LogP contribution in [0.15, 0.2) is 71.6 Å². The highest BCUT2D eigenvalue weighted by molar-refractivity contribution is 7.89. The quantitative estimate of drug-likeness (QED) is 0.747. The molecule has 1 aliphatic rings. The molecule has 0 amide bonds. The molecule has 140 valence electrons. The lowest BCUT2D eigenvalue weighted by Gasteiger charge is -2.31. The number of quaternary nitrogens is 1. The van der Waals surface area contributed by atoms with E-state index in [4.69, 9.17) is 0 Å². The zero-order chi connectivity index (χ0) is 18.9. The minimum Gasteiger partial charge on any atom is -0.329 e. The highest BCUT2D eigenvalue weighted by Gasteiger charge is 2.30. The van der Waals surface area contributed by atoms with E-state index in [0.717, 1.165) is 10.8 Å². The van der Waals surface area contributed by atoms with Crippen molar-refractivity contribution in [2.24, 2.45) is 0 Å². The normalized spacial score (nSPS) is 16.6. The highest BCUT2D eigenvalue weighted by atomic mass is 32.2. The van der Waals surface area contributed by atoms with E-state index in [1.807, 2.05) is 36.4 Å². The zero-order valence-corrected chi connectivity index (χ0v) is 15.8. The summed E-state index contributed by atoms with van der Waals surface area (Å²) in [4.78, 5) is 1.53. The van der Waals surface area contributed by atoms with Crippen molar-refractivity contribution in [2.75, 3.05) is 26.2 Å². The molecule has 0 aliphatic carbocycles. The van der Waals surface area contributed by atoms with Crippen molar-refractivity contribution in [3.63, 3.8) is 0 Å². The molecule has 1 N–H and O–H groups in total. The van der Waals surface area contributed by atoms with Gasteiger partial charge in [0.1, 0.15) is 12.4 Å². The molecule has 3 aromatic rings. The minimum absolute atomic E-state index is 0.198. The summed E-state index contributed by atoms with van der Waals surface area (Å²) in [5.74, 6) is -0.198. The average Bonchev–Trinajstić information content (AvgIpc) is 2.70. The summed E-state index contributed by atoms with van der Waals surface area (Å²) in [6, 6.07) is 19.8. The largest absolute Gasteiger partial charge is 0.329 e. The number of fused-ring (bicyclic) bond motifs is 1. The maximum absolute atomic E-state index is 13.8. The molecule has 1 fully saturated rings. The predicted molar refractivity (Wildman–Crippen MR) is 104 cm³/mol. The molecule has 0 bridgehead atoms. The first kappa shape index (κ1) is 18.1. The maximum Gasteiger partial charge on any atom is 0.243 e. The van der Waals surface area contributed by atoms with Crippen LogP contribution in [0.3, 0.4) is 0 Å². The van der Waals surface area contributed by atoms with E-state index in [1.54, 1.807) is 28.6 Å². The summed E-state index contributed by atoms with van der Waals surface area (Å²) in [6.45, 7) is 2.80. The molecule has 1 saturated heterocycles. The molecular weight excluding hydrogens is 363 g/mol. The lowest BCUT2D eigenvalue weighted by atomic mass is 10.1. The van der Waals surface area contributed by atoms with Crippen LogP contribution in [0.1, 0.15) is 5.56 Å². The van der Waals surface area contributed by atoms with Gasteiger partial charge in [-0.1, -0.05) is 48.5 Å². The maximum atomic E-state index is 13.8. The molecule has 0 aromatic heterocycles. The Morgan fingerprint density at radius 1 is 0.889 bits per heavy atom. The Labute approximate surface area is 158 Å². The van der Waals surface area contributed by atoms with Gasteiger partial charge >= 0.3 is 0 Å². The van der Waals surface area contributed by atoms with Gasteiger partial charge in [-0.2, -0.15) is 4.31 Å². The molecule has 1 aliphatic heterocycles. The van der Waals surface area contributed by atoms with Gasteiger partial charge in [-0.25, -0.2) is 12.8 Å². The van der Waals surface area contributed by atoms with Crippen molar-refractivity contribution < 1.29 is 17.7 Å². The molecule has 27 heavy (non-hydrogen) atoms. The van der Waals surface area contributed by atoms with Gasteiger partial charge in [-0.3, -0.25) is 0 Å². The second-order valence-corrected chi connectivity index (χ2v) is 8.87. The SMILES string of the molecule is O=S(=O)(c1ccc2ccccc2c1)N1CC[NH+](Cc2ccccc2F)CC1. The number of halogens is 1. The number of sulfonamides is 1. The Morgan fingerprint density at radius 2 is 1.56 bits per heavy atom. The van der Waals surface area contributed by atoms with E-state index < -0.39 is 10.0 Å². The van der Waals surface area contributed by atoms with Crippen molar-refractivity contribution in [2.45, 2.75) is 11.4 Å². The summed E-state index contributed by atoms with van der Waals surface area (Å²) < 4.78 is 41.4. The Balaban J connectivity index is 1.47. The first-order chi connectivity index (χ1) is 13.0. The molecule has 4 rings (SSSR count). The number of rotatable bonds is 4. The first-order valence-corrected chi connectivity index (χ1v) is 10.5. The van der Waals surface area contributed by atoms with Gasteiger partial charge in [0.25, 0.3) is 0 Å². The molecule has 4 nitrogen and oxygen atoms in total. The molecule has 1 heterocycles. The molecule has 0 spiro atoms. The molecule has 0 unspecified atom stereocenters. The van der Waals surface area contributed by atoms with Gasteiger partial charge < -0.3 is 4.90 Å².